The van der Waals surface area contributed by atoms with E-state index in [9.17, 15) is 22.8 Å². The third kappa shape index (κ3) is 4.40. The number of rotatable bonds is 3. The number of ketones is 1. The van der Waals surface area contributed by atoms with Crippen LogP contribution in [0.15, 0.2) is 72.8 Å². The molecule has 31 heavy (non-hydrogen) atoms. The van der Waals surface area contributed by atoms with Crippen LogP contribution < -0.4 is 4.74 Å². The molecule has 1 aliphatic heterocycles. The van der Waals surface area contributed by atoms with Crippen LogP contribution in [0.25, 0.3) is 0 Å². The number of alkyl halides is 3. The second-order valence-electron chi connectivity index (χ2n) is 7.68. The summed E-state index contributed by atoms with van der Waals surface area (Å²) in [5.41, 5.74) is 1.53. The standard InChI is InChI=1S/C24H20F3NO3/c25-24(26,27)22(30)28-13-12-23(10-8-19(29)9-11-23)21-7-6-20(14-18(21)15-28)31-16-17-4-2-1-3-5-17/h1-11,14H,12-13,15-16H2. The third-order valence-corrected chi connectivity index (χ3v) is 5.60. The van der Waals surface area contributed by atoms with Crippen molar-refractivity contribution < 1.29 is 27.5 Å². The summed E-state index contributed by atoms with van der Waals surface area (Å²) < 4.78 is 45.2. The smallest absolute Gasteiger partial charge is 0.471 e. The van der Waals surface area contributed by atoms with Crippen molar-refractivity contribution in [2.75, 3.05) is 6.54 Å². The SMILES string of the molecule is O=C1C=CC2(C=C1)CCN(C(=O)C(F)(F)F)Cc1cc(OCc3ccccc3)ccc12. The highest BCUT2D eigenvalue weighted by atomic mass is 19.4. The Kier molecular flexibility index (Phi) is 5.43. The lowest BCUT2D eigenvalue weighted by molar-refractivity contribution is -0.186. The number of allylic oxidation sites excluding steroid dienone is 4. The maximum absolute atomic E-state index is 13.1. The molecule has 2 aromatic carbocycles. The van der Waals surface area contributed by atoms with E-state index in [1.807, 2.05) is 36.4 Å². The van der Waals surface area contributed by atoms with Gasteiger partial charge in [0.25, 0.3) is 0 Å². The van der Waals surface area contributed by atoms with Crippen molar-refractivity contribution in [1.82, 2.24) is 4.90 Å². The van der Waals surface area contributed by atoms with Crippen molar-refractivity contribution >= 4 is 11.7 Å². The third-order valence-electron chi connectivity index (χ3n) is 5.60. The van der Waals surface area contributed by atoms with Crippen molar-refractivity contribution in [2.45, 2.75) is 31.2 Å². The number of nitrogens with zero attached hydrogens (tertiary/aromatic N) is 1. The number of fused-ring (bicyclic) bond motifs is 2. The van der Waals surface area contributed by atoms with Gasteiger partial charge in [-0.15, -0.1) is 0 Å². The Labute approximate surface area is 177 Å². The van der Waals surface area contributed by atoms with Crippen molar-refractivity contribution in [3.05, 3.63) is 89.5 Å². The van der Waals surface area contributed by atoms with Crippen LogP contribution >= 0.6 is 0 Å². The van der Waals surface area contributed by atoms with Gasteiger partial charge in [-0.2, -0.15) is 13.2 Å². The summed E-state index contributed by atoms with van der Waals surface area (Å²) in [5, 5.41) is 0. The highest BCUT2D eigenvalue weighted by Gasteiger charge is 2.45. The number of carbonyl (C=O) groups excluding carboxylic acids is 2. The molecule has 2 aromatic rings. The highest BCUT2D eigenvalue weighted by molar-refractivity contribution is 6.00. The molecular formula is C24H20F3NO3. The zero-order valence-corrected chi connectivity index (χ0v) is 16.6. The zero-order valence-electron chi connectivity index (χ0n) is 16.6. The van der Waals surface area contributed by atoms with E-state index < -0.39 is 17.5 Å². The fourth-order valence-corrected chi connectivity index (χ4v) is 4.00. The molecule has 0 saturated carbocycles. The number of hydrogen-bond acceptors (Lipinski definition) is 3. The molecule has 0 N–H and O–H groups in total. The van der Waals surface area contributed by atoms with Gasteiger partial charge < -0.3 is 9.64 Å². The van der Waals surface area contributed by atoms with Gasteiger partial charge in [-0.25, -0.2) is 0 Å². The molecule has 0 atom stereocenters. The van der Waals surface area contributed by atoms with Gasteiger partial charge in [0.1, 0.15) is 12.4 Å². The molecule has 1 aliphatic carbocycles. The van der Waals surface area contributed by atoms with E-state index in [0.29, 0.717) is 17.9 Å². The average Bonchev–Trinajstić information content (AvgIpc) is 2.91. The van der Waals surface area contributed by atoms with Gasteiger partial charge in [0, 0.05) is 18.5 Å². The number of amides is 1. The first-order chi connectivity index (χ1) is 14.8. The largest absolute Gasteiger partial charge is 0.489 e. The van der Waals surface area contributed by atoms with E-state index in [1.54, 1.807) is 24.3 Å². The number of benzene rings is 2. The minimum absolute atomic E-state index is 0.0872. The Morgan fingerprint density at radius 3 is 2.45 bits per heavy atom. The molecule has 1 amide bonds. The van der Waals surface area contributed by atoms with Gasteiger partial charge in [0.15, 0.2) is 5.78 Å². The van der Waals surface area contributed by atoms with Crippen LogP contribution in [0.3, 0.4) is 0 Å². The second kappa shape index (κ2) is 8.06. The Morgan fingerprint density at radius 2 is 1.77 bits per heavy atom. The predicted octanol–water partition coefficient (Wildman–Crippen LogP) is 4.49. The molecule has 0 radical (unpaired) electrons. The molecule has 0 saturated heterocycles. The molecule has 4 nitrogen and oxygen atoms in total. The van der Waals surface area contributed by atoms with Crippen molar-refractivity contribution in [3.63, 3.8) is 0 Å². The number of hydrogen-bond donors (Lipinski definition) is 0. The first-order valence-electron chi connectivity index (χ1n) is 9.85. The summed E-state index contributed by atoms with van der Waals surface area (Å²) in [6.45, 7) is 0.0357. The summed E-state index contributed by atoms with van der Waals surface area (Å²) in [4.78, 5) is 24.5. The topological polar surface area (TPSA) is 46.6 Å². The van der Waals surface area contributed by atoms with Crippen LogP contribution in [0.5, 0.6) is 5.75 Å². The van der Waals surface area contributed by atoms with E-state index in [1.165, 1.54) is 12.2 Å². The maximum Gasteiger partial charge on any atom is 0.471 e. The molecule has 0 bridgehead atoms. The van der Waals surface area contributed by atoms with E-state index in [2.05, 4.69) is 0 Å². The van der Waals surface area contributed by atoms with Crippen molar-refractivity contribution in [2.24, 2.45) is 0 Å². The first kappa shape index (κ1) is 20.9. The van der Waals surface area contributed by atoms with Gasteiger partial charge >= 0.3 is 12.1 Å². The lowest BCUT2D eigenvalue weighted by Gasteiger charge is -2.30. The number of ether oxygens (including phenoxy) is 1. The molecule has 2 aliphatic rings. The molecule has 4 rings (SSSR count). The zero-order chi connectivity index (χ0) is 22.1. The van der Waals surface area contributed by atoms with Crippen LogP contribution in [0, 0.1) is 0 Å². The molecule has 160 valence electrons. The highest BCUT2D eigenvalue weighted by Crippen LogP contribution is 2.40. The predicted molar refractivity (Wildman–Crippen MR) is 108 cm³/mol. The first-order valence-corrected chi connectivity index (χ1v) is 9.85. The monoisotopic (exact) mass is 427 g/mol. The average molecular weight is 427 g/mol. The van der Waals surface area contributed by atoms with Gasteiger partial charge in [0.2, 0.25) is 0 Å². The summed E-state index contributed by atoms with van der Waals surface area (Å²) in [5.74, 6) is -1.55. The molecule has 1 spiro atoms. The fraction of sp³-hybridized carbons (Fsp3) is 0.250. The lowest BCUT2D eigenvalue weighted by Crippen LogP contribution is -2.41. The molecule has 0 aromatic heterocycles. The Hall–Kier alpha value is -3.35. The lowest BCUT2D eigenvalue weighted by atomic mass is 9.73. The van der Waals surface area contributed by atoms with Crippen molar-refractivity contribution in [1.29, 1.82) is 0 Å². The van der Waals surface area contributed by atoms with Crippen LogP contribution in [0.2, 0.25) is 0 Å². The van der Waals surface area contributed by atoms with Crippen LogP contribution in [0.4, 0.5) is 13.2 Å². The summed E-state index contributed by atoms with van der Waals surface area (Å²) in [7, 11) is 0. The molecule has 7 heteroatoms. The minimum Gasteiger partial charge on any atom is -0.489 e. The van der Waals surface area contributed by atoms with Crippen LogP contribution in [0.1, 0.15) is 23.1 Å². The van der Waals surface area contributed by atoms with Gasteiger partial charge in [-0.1, -0.05) is 48.6 Å². The van der Waals surface area contributed by atoms with E-state index in [0.717, 1.165) is 16.0 Å². The van der Waals surface area contributed by atoms with Crippen molar-refractivity contribution in [3.8, 4) is 5.75 Å². The van der Waals surface area contributed by atoms with Crippen LogP contribution in [-0.4, -0.2) is 29.3 Å². The van der Waals surface area contributed by atoms with Gasteiger partial charge in [0.05, 0.1) is 0 Å². The molecule has 0 fully saturated rings. The molecular weight excluding hydrogens is 407 g/mol. The second-order valence-corrected chi connectivity index (χ2v) is 7.68. The summed E-state index contributed by atoms with van der Waals surface area (Å²) in [6, 6.07) is 14.8. The van der Waals surface area contributed by atoms with Crippen LogP contribution in [-0.2, 0) is 28.2 Å². The normalized spacial score (nSPS) is 17.4. The maximum atomic E-state index is 13.1. The minimum atomic E-state index is -4.95. The van der Waals surface area contributed by atoms with E-state index >= 15 is 0 Å². The summed E-state index contributed by atoms with van der Waals surface area (Å²) >= 11 is 0. The Balaban J connectivity index is 1.68. The summed E-state index contributed by atoms with van der Waals surface area (Å²) in [6.07, 6.45) is 1.55. The van der Waals surface area contributed by atoms with E-state index in [-0.39, 0.29) is 25.3 Å². The Bertz CT molecular complexity index is 1040. The van der Waals surface area contributed by atoms with E-state index in [4.69, 9.17) is 4.74 Å². The number of halogens is 3. The molecule has 1 heterocycles. The Morgan fingerprint density at radius 1 is 1.06 bits per heavy atom. The quantitative estimate of drug-likeness (QED) is 0.725. The van der Waals surface area contributed by atoms with Gasteiger partial charge in [-0.3, -0.25) is 9.59 Å². The number of carbonyl (C=O) groups is 2. The molecule has 0 unspecified atom stereocenters. The fourth-order valence-electron chi connectivity index (χ4n) is 4.00. The van der Waals surface area contributed by atoms with Gasteiger partial charge in [-0.05, 0) is 47.4 Å².